The van der Waals surface area contributed by atoms with Crippen molar-refractivity contribution in [3.8, 4) is 34.1 Å². The number of aryl methyl sites for hydroxylation is 1. The first-order valence-electron chi connectivity index (χ1n) is 15.4. The van der Waals surface area contributed by atoms with Gasteiger partial charge in [0.05, 0.1) is 27.9 Å². The number of benzene rings is 5. The molecule has 0 aliphatic carbocycles. The van der Waals surface area contributed by atoms with Crippen LogP contribution in [0, 0.1) is 6.92 Å². The van der Waals surface area contributed by atoms with Gasteiger partial charge in [0.1, 0.15) is 17.1 Å². The van der Waals surface area contributed by atoms with Crippen LogP contribution in [0.25, 0.3) is 66.4 Å². The molecule has 0 saturated heterocycles. The van der Waals surface area contributed by atoms with Crippen LogP contribution < -0.4 is 4.74 Å². The summed E-state index contributed by atoms with van der Waals surface area (Å²) >= 11 is 0. The summed E-state index contributed by atoms with van der Waals surface area (Å²) in [6.07, 6.45) is 3.76. The first-order valence-corrected chi connectivity index (χ1v) is 15.4. The van der Waals surface area contributed by atoms with Gasteiger partial charge in [-0.25, -0.2) is 4.98 Å². The minimum atomic E-state index is 0.749. The second-order valence-corrected chi connectivity index (χ2v) is 11.6. The number of hydrogen-bond acceptors (Lipinski definition) is 3. The van der Waals surface area contributed by atoms with Gasteiger partial charge in [0.2, 0.25) is 0 Å². The topological polar surface area (TPSA) is 44.9 Å². The van der Waals surface area contributed by atoms with Crippen LogP contribution in [0.2, 0.25) is 0 Å². The van der Waals surface area contributed by atoms with E-state index in [-0.39, 0.29) is 0 Å². The van der Waals surface area contributed by atoms with E-state index in [1.165, 1.54) is 27.2 Å². The summed E-state index contributed by atoms with van der Waals surface area (Å²) in [5, 5.41) is 4.75. The maximum absolute atomic E-state index is 6.44. The van der Waals surface area contributed by atoms with Crippen molar-refractivity contribution in [3.63, 3.8) is 0 Å². The van der Waals surface area contributed by atoms with Crippen molar-refractivity contribution >= 4 is 43.7 Å². The molecule has 0 radical (unpaired) electrons. The first-order chi connectivity index (χ1) is 22.7. The fourth-order valence-corrected chi connectivity index (χ4v) is 6.69. The van der Waals surface area contributed by atoms with Gasteiger partial charge in [-0.05, 0) is 85.3 Å². The summed E-state index contributed by atoms with van der Waals surface area (Å²) in [7, 11) is 0. The Bertz CT molecular complexity index is 2560. The molecule has 0 saturated carbocycles. The zero-order valence-electron chi connectivity index (χ0n) is 25.1. The standard InChI is InChI=1S/C41H28N4O/c1-27-19-20-35(43-26-27)28-10-7-14-31(24-28)46-32-15-8-13-30(25-32)45-38-22-21-37-39(40(38)34-17-9-23-42-41(34)45)33-16-5-6-18-36(33)44(37)29-11-3-2-4-12-29/h2-26H,1H3. The maximum atomic E-state index is 6.44. The number of fused-ring (bicyclic) bond motifs is 7. The summed E-state index contributed by atoms with van der Waals surface area (Å²) in [6, 6.07) is 48.3. The van der Waals surface area contributed by atoms with Gasteiger partial charge < -0.3 is 9.30 Å². The summed E-state index contributed by atoms with van der Waals surface area (Å²) in [5.74, 6) is 1.51. The van der Waals surface area contributed by atoms with Crippen LogP contribution in [0.1, 0.15) is 5.56 Å². The van der Waals surface area contributed by atoms with E-state index in [1.807, 2.05) is 61.8 Å². The summed E-state index contributed by atoms with van der Waals surface area (Å²) < 4.78 is 11.1. The van der Waals surface area contributed by atoms with Crippen LogP contribution in [-0.2, 0) is 0 Å². The molecule has 0 bridgehead atoms. The Kier molecular flexibility index (Phi) is 5.96. The number of rotatable bonds is 5. The normalized spacial score (nSPS) is 11.6. The average Bonchev–Trinajstić information content (AvgIpc) is 3.62. The van der Waals surface area contributed by atoms with Crippen LogP contribution in [-0.4, -0.2) is 19.1 Å². The molecule has 0 aliphatic rings. The van der Waals surface area contributed by atoms with Gasteiger partial charge in [0.25, 0.3) is 0 Å². The third kappa shape index (κ3) is 4.17. The third-order valence-corrected chi connectivity index (χ3v) is 8.69. The van der Waals surface area contributed by atoms with Crippen LogP contribution in [0.3, 0.4) is 0 Å². The Balaban J connectivity index is 1.22. The smallest absolute Gasteiger partial charge is 0.145 e. The summed E-state index contributed by atoms with van der Waals surface area (Å²) in [4.78, 5) is 9.51. The maximum Gasteiger partial charge on any atom is 0.145 e. The van der Waals surface area contributed by atoms with Gasteiger partial charge in [-0.1, -0.05) is 60.7 Å². The fourth-order valence-electron chi connectivity index (χ4n) is 6.69. The van der Waals surface area contributed by atoms with Gasteiger partial charge in [0.15, 0.2) is 0 Å². The molecule has 9 rings (SSSR count). The van der Waals surface area contributed by atoms with Gasteiger partial charge >= 0.3 is 0 Å². The molecular weight excluding hydrogens is 564 g/mol. The largest absolute Gasteiger partial charge is 0.457 e. The van der Waals surface area contributed by atoms with E-state index in [2.05, 4.69) is 111 Å². The highest BCUT2D eigenvalue weighted by molar-refractivity contribution is 6.28. The molecule has 0 unspecified atom stereocenters. The molecule has 9 aromatic rings. The van der Waals surface area contributed by atoms with Crippen LogP contribution in [0.5, 0.6) is 11.5 Å². The summed E-state index contributed by atoms with van der Waals surface area (Å²) in [6.45, 7) is 2.04. The number of pyridine rings is 2. The van der Waals surface area contributed by atoms with E-state index in [4.69, 9.17) is 9.72 Å². The average molecular weight is 593 g/mol. The molecule has 0 atom stereocenters. The van der Waals surface area contributed by atoms with Gasteiger partial charge in [0, 0.05) is 51.3 Å². The number of aromatic nitrogens is 4. The highest BCUT2D eigenvalue weighted by Crippen LogP contribution is 2.42. The monoisotopic (exact) mass is 592 g/mol. The lowest BCUT2D eigenvalue weighted by molar-refractivity contribution is 0.482. The van der Waals surface area contributed by atoms with Crippen molar-refractivity contribution in [2.45, 2.75) is 6.92 Å². The molecule has 0 amide bonds. The molecule has 5 aromatic carbocycles. The highest BCUT2D eigenvalue weighted by atomic mass is 16.5. The van der Waals surface area contributed by atoms with Crippen LogP contribution in [0.4, 0.5) is 0 Å². The van der Waals surface area contributed by atoms with E-state index in [9.17, 15) is 0 Å². The van der Waals surface area contributed by atoms with E-state index in [0.717, 1.165) is 56.2 Å². The number of hydrogen-bond donors (Lipinski definition) is 0. The Labute approximate surface area is 265 Å². The third-order valence-electron chi connectivity index (χ3n) is 8.69. The van der Waals surface area contributed by atoms with Crippen molar-refractivity contribution < 1.29 is 4.74 Å². The molecule has 0 spiro atoms. The minimum Gasteiger partial charge on any atom is -0.457 e. The predicted molar refractivity (Wildman–Crippen MR) is 187 cm³/mol. The van der Waals surface area contributed by atoms with Crippen LogP contribution >= 0.6 is 0 Å². The van der Waals surface area contributed by atoms with E-state index in [0.29, 0.717) is 0 Å². The molecule has 0 N–H and O–H groups in total. The van der Waals surface area contributed by atoms with Gasteiger partial charge in [-0.15, -0.1) is 0 Å². The Morgan fingerprint density at radius 2 is 1.24 bits per heavy atom. The lowest BCUT2D eigenvalue weighted by Gasteiger charge is -2.12. The van der Waals surface area contributed by atoms with E-state index >= 15 is 0 Å². The molecule has 5 heteroatoms. The van der Waals surface area contributed by atoms with Crippen LogP contribution in [0.15, 0.2) is 152 Å². The van der Waals surface area contributed by atoms with Crippen molar-refractivity contribution in [2.24, 2.45) is 0 Å². The lowest BCUT2D eigenvalue weighted by atomic mass is 10.1. The minimum absolute atomic E-state index is 0.749. The number of para-hydroxylation sites is 2. The summed E-state index contributed by atoms with van der Waals surface area (Å²) in [5.41, 5.74) is 9.55. The molecular formula is C41H28N4O. The highest BCUT2D eigenvalue weighted by Gasteiger charge is 2.21. The molecule has 5 nitrogen and oxygen atoms in total. The molecule has 0 aliphatic heterocycles. The first kappa shape index (κ1) is 26.2. The molecule has 218 valence electrons. The van der Waals surface area contributed by atoms with Crippen molar-refractivity contribution in [2.75, 3.05) is 0 Å². The molecule has 46 heavy (non-hydrogen) atoms. The fraction of sp³-hybridized carbons (Fsp3) is 0.0244. The predicted octanol–water partition coefficient (Wildman–Crippen LogP) is 10.4. The number of ether oxygens (including phenoxy) is 1. The Morgan fingerprint density at radius 1 is 0.522 bits per heavy atom. The van der Waals surface area contributed by atoms with Gasteiger partial charge in [-0.3, -0.25) is 9.55 Å². The molecule has 4 aromatic heterocycles. The van der Waals surface area contributed by atoms with E-state index in [1.54, 1.807) is 0 Å². The lowest BCUT2D eigenvalue weighted by Crippen LogP contribution is -1.96. The second-order valence-electron chi connectivity index (χ2n) is 11.6. The van der Waals surface area contributed by atoms with Gasteiger partial charge in [-0.2, -0.15) is 0 Å². The van der Waals surface area contributed by atoms with E-state index < -0.39 is 0 Å². The zero-order chi connectivity index (χ0) is 30.6. The quantitative estimate of drug-likeness (QED) is 0.200. The van der Waals surface area contributed by atoms with Crippen molar-refractivity contribution in [3.05, 3.63) is 157 Å². The van der Waals surface area contributed by atoms with Crippen molar-refractivity contribution in [1.29, 1.82) is 0 Å². The molecule has 0 fully saturated rings. The second kappa shape index (κ2) is 10.5. The number of nitrogens with zero attached hydrogens (tertiary/aromatic N) is 4. The Hall–Kier alpha value is -6.20. The zero-order valence-corrected chi connectivity index (χ0v) is 25.1. The van der Waals surface area contributed by atoms with Crippen molar-refractivity contribution in [1.82, 2.24) is 19.1 Å². The SMILES string of the molecule is Cc1ccc(-c2cccc(Oc3cccc(-n4c5ccc6c(c7ccccc7n6-c6ccccc6)c5c5cccnc54)c3)c2)nc1. The Morgan fingerprint density at radius 3 is 2.09 bits per heavy atom. The molecule has 4 heterocycles.